The second-order valence-electron chi connectivity index (χ2n) is 7.18. The first-order valence-electron chi connectivity index (χ1n) is 9.43. The number of hydrogen-bond donors (Lipinski definition) is 2. The van der Waals surface area contributed by atoms with E-state index in [4.69, 9.17) is 0 Å². The lowest BCUT2D eigenvalue weighted by Crippen LogP contribution is -2.47. The molecule has 2 N–H and O–H groups in total. The van der Waals surface area contributed by atoms with Gasteiger partial charge in [-0.15, -0.1) is 0 Å². The van der Waals surface area contributed by atoms with Gasteiger partial charge in [0, 0.05) is 32.0 Å². The molecule has 1 aliphatic rings. The van der Waals surface area contributed by atoms with Gasteiger partial charge in [0.15, 0.2) is 0 Å². The Kier molecular flexibility index (Phi) is 6.45. The van der Waals surface area contributed by atoms with E-state index in [1.165, 1.54) is 12.1 Å². The minimum Gasteiger partial charge on any atom is -0.395 e. The maximum absolute atomic E-state index is 13.1. The van der Waals surface area contributed by atoms with Crippen molar-refractivity contribution in [2.45, 2.75) is 38.3 Å². The lowest BCUT2D eigenvalue weighted by molar-refractivity contribution is 0.166. The molecular weight excluding hydrogens is 347 g/mol. The molecule has 0 saturated heterocycles. The van der Waals surface area contributed by atoms with Crippen molar-refractivity contribution in [1.29, 1.82) is 0 Å². The number of hydrogen-bond acceptors (Lipinski definition) is 3. The average Bonchev–Trinajstić information content (AvgIpc) is 3.26. The van der Waals surface area contributed by atoms with Gasteiger partial charge in [-0.05, 0) is 42.9 Å². The molecular formula is C20H27FN4O2. The second kappa shape index (κ2) is 8.99. The first-order valence-corrected chi connectivity index (χ1v) is 9.43. The third kappa shape index (κ3) is 5.07. The van der Waals surface area contributed by atoms with Crippen molar-refractivity contribution in [2.24, 2.45) is 13.0 Å². The van der Waals surface area contributed by atoms with Gasteiger partial charge >= 0.3 is 6.03 Å². The van der Waals surface area contributed by atoms with Crippen LogP contribution in [0.25, 0.3) is 0 Å². The summed E-state index contributed by atoms with van der Waals surface area (Å²) < 4.78 is 15.0. The Morgan fingerprint density at radius 3 is 2.81 bits per heavy atom. The zero-order valence-corrected chi connectivity index (χ0v) is 15.6. The van der Waals surface area contributed by atoms with Gasteiger partial charge in [0.2, 0.25) is 0 Å². The molecule has 2 atom stereocenters. The molecule has 0 unspecified atom stereocenters. The minimum atomic E-state index is -0.232. The summed E-state index contributed by atoms with van der Waals surface area (Å²) in [5.41, 5.74) is 1.09. The van der Waals surface area contributed by atoms with Gasteiger partial charge < -0.3 is 19.9 Å². The molecule has 1 saturated carbocycles. The number of aryl methyl sites for hydroxylation is 1. The molecule has 0 bridgehead atoms. The summed E-state index contributed by atoms with van der Waals surface area (Å²) in [6.45, 7) is 0.515. The van der Waals surface area contributed by atoms with Crippen LogP contribution in [0.5, 0.6) is 0 Å². The summed E-state index contributed by atoms with van der Waals surface area (Å²) in [4.78, 5) is 18.6. The maximum atomic E-state index is 13.1. The van der Waals surface area contributed by atoms with E-state index < -0.39 is 0 Å². The van der Waals surface area contributed by atoms with Crippen molar-refractivity contribution in [2.75, 3.05) is 13.2 Å². The van der Waals surface area contributed by atoms with Crippen molar-refractivity contribution < 1.29 is 14.3 Å². The number of benzene rings is 1. The SMILES string of the molecule is Cn1ccnc1CN(CCO)C(=O)N[C@H]1CCC[C@H]1Cc1ccc(F)cc1. The predicted octanol–water partition coefficient (Wildman–Crippen LogP) is 2.47. The van der Waals surface area contributed by atoms with Crippen LogP contribution in [0.15, 0.2) is 36.7 Å². The number of aliphatic hydroxyl groups is 1. The van der Waals surface area contributed by atoms with Crippen LogP contribution in [0.2, 0.25) is 0 Å². The molecule has 1 aromatic heterocycles. The molecule has 1 fully saturated rings. The van der Waals surface area contributed by atoms with Crippen molar-refractivity contribution in [1.82, 2.24) is 19.8 Å². The molecule has 2 amide bonds. The van der Waals surface area contributed by atoms with E-state index in [1.54, 1.807) is 11.1 Å². The highest BCUT2D eigenvalue weighted by Crippen LogP contribution is 2.29. The van der Waals surface area contributed by atoms with Gasteiger partial charge in [0.1, 0.15) is 11.6 Å². The molecule has 1 heterocycles. The van der Waals surface area contributed by atoms with Crippen LogP contribution in [0.4, 0.5) is 9.18 Å². The molecule has 1 aliphatic carbocycles. The Labute approximate surface area is 159 Å². The lowest BCUT2D eigenvalue weighted by Gasteiger charge is -2.27. The third-order valence-corrected chi connectivity index (χ3v) is 5.29. The number of amides is 2. The fraction of sp³-hybridized carbons (Fsp3) is 0.500. The summed E-state index contributed by atoms with van der Waals surface area (Å²) in [5, 5.41) is 12.5. The van der Waals surface area contributed by atoms with Crippen LogP contribution in [-0.4, -0.2) is 44.8 Å². The highest BCUT2D eigenvalue weighted by Gasteiger charge is 2.30. The van der Waals surface area contributed by atoms with Crippen LogP contribution in [0.3, 0.4) is 0 Å². The fourth-order valence-corrected chi connectivity index (χ4v) is 3.74. The molecule has 146 valence electrons. The highest BCUT2D eigenvalue weighted by atomic mass is 19.1. The van der Waals surface area contributed by atoms with E-state index in [1.807, 2.05) is 29.9 Å². The standard InChI is InChI=1S/C20H27FN4O2/c1-24-10-9-22-19(24)14-25(11-12-26)20(27)23-18-4-2-3-16(18)13-15-5-7-17(21)8-6-15/h5-10,16,18,26H,2-4,11-14H2,1H3,(H,23,27)/t16-,18-/m0/s1. The molecule has 0 spiro atoms. The number of rotatable bonds is 7. The predicted molar refractivity (Wildman–Crippen MR) is 100 cm³/mol. The quantitative estimate of drug-likeness (QED) is 0.782. The number of nitrogens with one attached hydrogen (secondary N) is 1. The normalized spacial score (nSPS) is 19.2. The van der Waals surface area contributed by atoms with Crippen molar-refractivity contribution in [3.8, 4) is 0 Å². The molecule has 0 aliphatic heterocycles. The fourth-order valence-electron chi connectivity index (χ4n) is 3.74. The zero-order valence-electron chi connectivity index (χ0n) is 15.6. The van der Waals surface area contributed by atoms with Gasteiger partial charge in [-0.3, -0.25) is 0 Å². The van der Waals surface area contributed by atoms with Gasteiger partial charge in [-0.25, -0.2) is 14.2 Å². The number of aromatic nitrogens is 2. The molecule has 3 rings (SSSR count). The van der Waals surface area contributed by atoms with Gasteiger partial charge in [0.25, 0.3) is 0 Å². The summed E-state index contributed by atoms with van der Waals surface area (Å²) >= 11 is 0. The van der Waals surface area contributed by atoms with Crippen LogP contribution in [0.1, 0.15) is 30.7 Å². The monoisotopic (exact) mass is 374 g/mol. The number of nitrogens with zero attached hydrogens (tertiary/aromatic N) is 3. The Balaban J connectivity index is 1.61. The van der Waals surface area contributed by atoms with Crippen LogP contribution in [-0.2, 0) is 20.0 Å². The molecule has 2 aromatic rings. The largest absolute Gasteiger partial charge is 0.395 e. The first kappa shape index (κ1) is 19.4. The van der Waals surface area contributed by atoms with Crippen LogP contribution in [0, 0.1) is 11.7 Å². The Morgan fingerprint density at radius 1 is 1.37 bits per heavy atom. The summed E-state index contributed by atoms with van der Waals surface area (Å²) in [6.07, 6.45) is 7.40. The van der Waals surface area contributed by atoms with Gasteiger partial charge in [-0.2, -0.15) is 0 Å². The van der Waals surface area contributed by atoms with Gasteiger partial charge in [-0.1, -0.05) is 18.6 Å². The third-order valence-electron chi connectivity index (χ3n) is 5.29. The summed E-state index contributed by atoms with van der Waals surface area (Å²) in [5.74, 6) is 0.875. The molecule has 27 heavy (non-hydrogen) atoms. The van der Waals surface area contributed by atoms with Crippen molar-refractivity contribution in [3.63, 3.8) is 0 Å². The van der Waals surface area contributed by atoms with E-state index in [9.17, 15) is 14.3 Å². The molecule has 6 nitrogen and oxygen atoms in total. The van der Waals surface area contributed by atoms with Crippen LogP contribution < -0.4 is 5.32 Å². The van der Waals surface area contributed by atoms with E-state index in [0.29, 0.717) is 12.5 Å². The Hall–Kier alpha value is -2.41. The Morgan fingerprint density at radius 2 is 2.15 bits per heavy atom. The van der Waals surface area contributed by atoms with E-state index >= 15 is 0 Å². The summed E-state index contributed by atoms with van der Waals surface area (Å²) in [7, 11) is 1.88. The van der Waals surface area contributed by atoms with E-state index in [2.05, 4.69) is 10.3 Å². The number of carbonyl (C=O) groups excluding carboxylic acids is 1. The molecule has 7 heteroatoms. The van der Waals surface area contributed by atoms with E-state index in [0.717, 1.165) is 37.1 Å². The average molecular weight is 374 g/mol. The highest BCUT2D eigenvalue weighted by molar-refractivity contribution is 5.74. The molecule has 0 radical (unpaired) electrons. The topological polar surface area (TPSA) is 70.4 Å². The lowest BCUT2D eigenvalue weighted by atomic mass is 9.94. The van der Waals surface area contributed by atoms with Crippen LogP contribution >= 0.6 is 0 Å². The first-order chi connectivity index (χ1) is 13.1. The smallest absolute Gasteiger partial charge is 0.318 e. The van der Waals surface area contributed by atoms with Gasteiger partial charge in [0.05, 0.1) is 13.2 Å². The number of urea groups is 1. The number of halogens is 1. The second-order valence-corrected chi connectivity index (χ2v) is 7.18. The number of imidazole rings is 1. The number of aliphatic hydroxyl groups excluding tert-OH is 1. The summed E-state index contributed by atoms with van der Waals surface area (Å²) in [6, 6.07) is 6.49. The zero-order chi connectivity index (χ0) is 19.2. The van der Waals surface area contributed by atoms with Crippen molar-refractivity contribution >= 4 is 6.03 Å². The molecule has 1 aromatic carbocycles. The van der Waals surface area contributed by atoms with Crippen molar-refractivity contribution in [3.05, 3.63) is 53.9 Å². The number of carbonyl (C=O) groups is 1. The Bertz CT molecular complexity index is 747. The van der Waals surface area contributed by atoms with E-state index in [-0.39, 0.29) is 31.0 Å². The maximum Gasteiger partial charge on any atom is 0.318 e. The minimum absolute atomic E-state index is 0.0881.